The first kappa shape index (κ1) is 7.28. The van der Waals surface area contributed by atoms with Gasteiger partial charge in [-0.15, -0.1) is 0 Å². The number of carbonyl (C=O) groups excluding carboxylic acids is 1. The van der Waals surface area contributed by atoms with Crippen molar-refractivity contribution in [3.63, 3.8) is 0 Å². The maximum atomic E-state index is 13.0. The minimum absolute atomic E-state index is 0.110. The van der Waals surface area contributed by atoms with Crippen LogP contribution in [0.5, 0.6) is 5.75 Å². The summed E-state index contributed by atoms with van der Waals surface area (Å²) in [5.41, 5.74) is 0.783. The molecule has 0 atom stereocenters. The molecular weight excluding hydrogens is 159 g/mol. The molecule has 0 radical (unpaired) electrons. The number of benzene rings is 1. The highest BCUT2D eigenvalue weighted by molar-refractivity contribution is 6.00. The second kappa shape index (κ2) is 2.30. The molecule has 0 saturated heterocycles. The SMILES string of the molecule is O=C1CCc2cc(O)cc(F)c21. The lowest BCUT2D eigenvalue weighted by atomic mass is 10.1. The molecule has 3 heteroatoms. The van der Waals surface area contributed by atoms with Crippen LogP contribution in [0.3, 0.4) is 0 Å². The average Bonchev–Trinajstić information content (AvgIpc) is 2.31. The molecule has 0 saturated carbocycles. The van der Waals surface area contributed by atoms with Crippen LogP contribution in [-0.4, -0.2) is 10.9 Å². The van der Waals surface area contributed by atoms with E-state index in [1.807, 2.05) is 0 Å². The molecule has 12 heavy (non-hydrogen) atoms. The normalized spacial score (nSPS) is 14.9. The Balaban J connectivity index is 2.68. The van der Waals surface area contributed by atoms with E-state index in [0.29, 0.717) is 18.4 Å². The van der Waals surface area contributed by atoms with E-state index in [1.165, 1.54) is 6.07 Å². The molecule has 0 aromatic heterocycles. The summed E-state index contributed by atoms with van der Waals surface area (Å²) in [6.07, 6.45) is 0.898. The highest BCUT2D eigenvalue weighted by Gasteiger charge is 2.23. The molecule has 1 N–H and O–H groups in total. The number of fused-ring (bicyclic) bond motifs is 1. The van der Waals surface area contributed by atoms with Gasteiger partial charge in [-0.2, -0.15) is 0 Å². The fourth-order valence-corrected chi connectivity index (χ4v) is 1.53. The molecule has 62 valence electrons. The van der Waals surface area contributed by atoms with Crippen LogP contribution in [0, 0.1) is 5.82 Å². The lowest BCUT2D eigenvalue weighted by Gasteiger charge is -1.99. The Hall–Kier alpha value is -1.38. The number of phenolic OH excluding ortho intramolecular Hbond substituents is 1. The summed E-state index contributed by atoms with van der Waals surface area (Å²) < 4.78 is 13.0. The molecule has 1 aliphatic carbocycles. The van der Waals surface area contributed by atoms with Crippen LogP contribution in [0.2, 0.25) is 0 Å². The third-order valence-corrected chi connectivity index (χ3v) is 2.06. The number of ketones is 1. The summed E-state index contributed by atoms with van der Waals surface area (Å²) in [5.74, 6) is -0.879. The van der Waals surface area contributed by atoms with Crippen molar-refractivity contribution in [2.24, 2.45) is 0 Å². The van der Waals surface area contributed by atoms with E-state index in [1.54, 1.807) is 0 Å². The average molecular weight is 166 g/mol. The minimum atomic E-state index is -0.604. The topological polar surface area (TPSA) is 37.3 Å². The fourth-order valence-electron chi connectivity index (χ4n) is 1.53. The summed E-state index contributed by atoms with van der Waals surface area (Å²) >= 11 is 0. The van der Waals surface area contributed by atoms with Crippen LogP contribution >= 0.6 is 0 Å². The van der Waals surface area contributed by atoms with Gasteiger partial charge in [0.25, 0.3) is 0 Å². The lowest BCUT2D eigenvalue weighted by molar-refractivity contribution is 0.0991. The van der Waals surface area contributed by atoms with Crippen molar-refractivity contribution in [1.29, 1.82) is 0 Å². The Morgan fingerprint density at radius 2 is 2.08 bits per heavy atom. The van der Waals surface area contributed by atoms with Crippen molar-refractivity contribution in [2.45, 2.75) is 12.8 Å². The zero-order valence-electron chi connectivity index (χ0n) is 6.30. The van der Waals surface area contributed by atoms with Crippen molar-refractivity contribution in [2.75, 3.05) is 0 Å². The molecule has 0 aliphatic heterocycles. The first-order valence-electron chi connectivity index (χ1n) is 3.73. The largest absolute Gasteiger partial charge is 0.508 e. The Bertz CT molecular complexity index is 358. The van der Waals surface area contributed by atoms with Gasteiger partial charge in [-0.3, -0.25) is 4.79 Å². The maximum Gasteiger partial charge on any atom is 0.166 e. The van der Waals surface area contributed by atoms with E-state index < -0.39 is 5.82 Å². The van der Waals surface area contributed by atoms with Crippen LogP contribution in [0.15, 0.2) is 12.1 Å². The quantitative estimate of drug-likeness (QED) is 0.636. The smallest absolute Gasteiger partial charge is 0.166 e. The summed E-state index contributed by atoms with van der Waals surface area (Å²) in [5, 5.41) is 9.01. The highest BCUT2D eigenvalue weighted by atomic mass is 19.1. The van der Waals surface area contributed by atoms with Gasteiger partial charge in [-0.05, 0) is 18.1 Å². The molecule has 0 spiro atoms. The first-order valence-corrected chi connectivity index (χ1v) is 3.73. The Morgan fingerprint density at radius 3 is 2.83 bits per heavy atom. The van der Waals surface area contributed by atoms with Crippen molar-refractivity contribution in [3.05, 3.63) is 29.1 Å². The fraction of sp³-hybridized carbons (Fsp3) is 0.222. The number of aromatic hydroxyl groups is 1. The second-order valence-corrected chi connectivity index (χ2v) is 2.88. The third-order valence-electron chi connectivity index (χ3n) is 2.06. The molecule has 2 nitrogen and oxygen atoms in total. The number of halogens is 1. The predicted molar refractivity (Wildman–Crippen MR) is 40.7 cm³/mol. The van der Waals surface area contributed by atoms with Crippen molar-refractivity contribution >= 4 is 5.78 Å². The van der Waals surface area contributed by atoms with Gasteiger partial charge < -0.3 is 5.11 Å². The Kier molecular flexibility index (Phi) is 1.40. The summed E-state index contributed by atoms with van der Waals surface area (Å²) in [6.45, 7) is 0. The Labute approximate surface area is 68.6 Å². The molecule has 1 aromatic rings. The zero-order valence-corrected chi connectivity index (χ0v) is 6.30. The Morgan fingerprint density at radius 1 is 1.33 bits per heavy atom. The van der Waals surface area contributed by atoms with Crippen molar-refractivity contribution in [1.82, 2.24) is 0 Å². The van der Waals surface area contributed by atoms with Gasteiger partial charge in [0, 0.05) is 12.5 Å². The predicted octanol–water partition coefficient (Wildman–Crippen LogP) is 1.66. The number of hydrogen-bond donors (Lipinski definition) is 1. The zero-order chi connectivity index (χ0) is 8.72. The van der Waals surface area contributed by atoms with Crippen LogP contribution in [0.25, 0.3) is 0 Å². The molecule has 0 fully saturated rings. The maximum absolute atomic E-state index is 13.0. The van der Waals surface area contributed by atoms with Gasteiger partial charge in [0.2, 0.25) is 0 Å². The number of carbonyl (C=O) groups is 1. The van der Waals surface area contributed by atoms with Gasteiger partial charge in [0.15, 0.2) is 5.78 Å². The van der Waals surface area contributed by atoms with Crippen LogP contribution < -0.4 is 0 Å². The molecule has 0 bridgehead atoms. The van der Waals surface area contributed by atoms with E-state index >= 15 is 0 Å². The van der Waals surface area contributed by atoms with Gasteiger partial charge in [-0.25, -0.2) is 4.39 Å². The van der Waals surface area contributed by atoms with E-state index in [4.69, 9.17) is 5.11 Å². The summed E-state index contributed by atoms with van der Waals surface area (Å²) in [4.78, 5) is 11.1. The van der Waals surface area contributed by atoms with Gasteiger partial charge in [0.05, 0.1) is 5.56 Å². The number of hydrogen-bond acceptors (Lipinski definition) is 2. The van der Waals surface area contributed by atoms with E-state index in [-0.39, 0.29) is 17.1 Å². The number of phenols is 1. The molecular formula is C9H7FO2. The lowest BCUT2D eigenvalue weighted by Crippen LogP contribution is -1.95. The van der Waals surface area contributed by atoms with E-state index in [0.717, 1.165) is 6.07 Å². The summed E-state index contributed by atoms with van der Waals surface area (Å²) in [6, 6.07) is 2.42. The van der Waals surface area contributed by atoms with Crippen LogP contribution in [0.1, 0.15) is 22.3 Å². The first-order chi connectivity index (χ1) is 5.68. The van der Waals surface area contributed by atoms with Gasteiger partial charge in [-0.1, -0.05) is 0 Å². The van der Waals surface area contributed by atoms with E-state index in [9.17, 15) is 9.18 Å². The standard InChI is InChI=1S/C9H7FO2/c10-7-4-6(11)3-5-1-2-8(12)9(5)7/h3-4,11H,1-2H2. The third kappa shape index (κ3) is 0.897. The monoisotopic (exact) mass is 166 g/mol. The minimum Gasteiger partial charge on any atom is -0.508 e. The molecule has 2 rings (SSSR count). The van der Waals surface area contributed by atoms with Crippen LogP contribution in [-0.2, 0) is 6.42 Å². The van der Waals surface area contributed by atoms with Crippen molar-refractivity contribution < 1.29 is 14.3 Å². The number of rotatable bonds is 0. The molecule has 1 aliphatic rings. The van der Waals surface area contributed by atoms with Gasteiger partial charge >= 0.3 is 0 Å². The van der Waals surface area contributed by atoms with Crippen LogP contribution in [0.4, 0.5) is 4.39 Å². The highest BCUT2D eigenvalue weighted by Crippen LogP contribution is 2.28. The van der Waals surface area contributed by atoms with E-state index in [2.05, 4.69) is 0 Å². The number of Topliss-reactive ketones (excluding diaryl/α,β-unsaturated/α-hetero) is 1. The second-order valence-electron chi connectivity index (χ2n) is 2.88. The van der Waals surface area contributed by atoms with Gasteiger partial charge in [0.1, 0.15) is 11.6 Å². The number of aryl methyl sites for hydroxylation is 1. The molecule has 0 heterocycles. The summed E-state index contributed by atoms with van der Waals surface area (Å²) in [7, 11) is 0. The molecule has 0 amide bonds. The molecule has 1 aromatic carbocycles. The molecule has 0 unspecified atom stereocenters. The van der Waals surface area contributed by atoms with Crippen molar-refractivity contribution in [3.8, 4) is 5.75 Å².